The lowest BCUT2D eigenvalue weighted by atomic mass is 10.1. The molecule has 0 radical (unpaired) electrons. The van der Waals surface area contributed by atoms with Crippen molar-refractivity contribution in [1.82, 2.24) is 20.3 Å². The van der Waals surface area contributed by atoms with Crippen molar-refractivity contribution in [3.05, 3.63) is 40.9 Å². The summed E-state index contributed by atoms with van der Waals surface area (Å²) in [7, 11) is 0. The average molecular weight is 476 g/mol. The molecule has 5 N–H and O–H groups in total. The molecule has 5 rings (SSSR count). The topological polar surface area (TPSA) is 154 Å². The van der Waals surface area contributed by atoms with Gasteiger partial charge in [0.05, 0.1) is 18.7 Å². The van der Waals surface area contributed by atoms with Crippen molar-refractivity contribution in [2.75, 3.05) is 26.3 Å². The van der Waals surface area contributed by atoms with Gasteiger partial charge in [-0.05, 0) is 30.3 Å². The normalized spacial score (nSPS) is 24.1. The number of hydrogen-bond acceptors (Lipinski definition) is 9. The molecule has 0 spiro atoms. The fourth-order valence-electron chi connectivity index (χ4n) is 3.77. The molecule has 1 unspecified atom stereocenters. The molecule has 1 aromatic carbocycles. The summed E-state index contributed by atoms with van der Waals surface area (Å²) in [4.78, 5) is 23.7. The number of ether oxygens (including phenoxy) is 4. The number of halogens is 1. The number of aromatic amines is 1. The van der Waals surface area contributed by atoms with Crippen molar-refractivity contribution in [2.45, 2.75) is 24.4 Å². The Hall–Kier alpha value is -2.96. The molecular formula is C21H22ClN5O6. The number of aromatic nitrogens is 3. The van der Waals surface area contributed by atoms with Crippen LogP contribution < -0.4 is 20.5 Å². The second-order valence-corrected chi connectivity index (χ2v) is 8.09. The number of fused-ring (bicyclic) bond motifs is 2. The number of H-pyrrole nitrogens is 1. The molecular weight excluding hydrogens is 454 g/mol. The Morgan fingerprint density at radius 3 is 2.82 bits per heavy atom. The van der Waals surface area contributed by atoms with Crippen molar-refractivity contribution in [3.63, 3.8) is 0 Å². The van der Waals surface area contributed by atoms with Crippen molar-refractivity contribution in [2.24, 2.45) is 5.73 Å². The standard InChI is InChI=1S/C21H22ClN5O6/c22-12-7-13-18(27-21(25-13)33-15-9-31-16-14(28)8-30-17(15)16)26-20(12)32-11-3-1-10(2-4-11)19(29)24-6-5-23/h1-4,7,14-17,28H,5-6,8-9,23H2,(H,24,29)(H,25,26,27)/t14-,15-,16?,17-/m1/s1. The SMILES string of the molecule is NCCNC(=O)c1ccc(Oc2nc3nc(O[C@@H]4COC5[C@H](O)CO[C@@H]54)[nH]c3cc2Cl)cc1. The summed E-state index contributed by atoms with van der Waals surface area (Å²) in [5.41, 5.74) is 6.80. The van der Waals surface area contributed by atoms with E-state index in [2.05, 4.69) is 20.3 Å². The summed E-state index contributed by atoms with van der Waals surface area (Å²) >= 11 is 6.34. The second kappa shape index (κ2) is 9.12. The van der Waals surface area contributed by atoms with Crippen LogP contribution in [0.2, 0.25) is 5.02 Å². The van der Waals surface area contributed by atoms with E-state index in [-0.39, 0.29) is 42.1 Å². The van der Waals surface area contributed by atoms with Crippen molar-refractivity contribution < 1.29 is 28.8 Å². The van der Waals surface area contributed by atoms with E-state index in [9.17, 15) is 9.90 Å². The lowest BCUT2D eigenvalue weighted by Crippen LogP contribution is -2.34. The van der Waals surface area contributed by atoms with Crippen LogP contribution in [0.1, 0.15) is 10.4 Å². The molecule has 2 fully saturated rings. The van der Waals surface area contributed by atoms with Gasteiger partial charge in [-0.3, -0.25) is 4.79 Å². The summed E-state index contributed by atoms with van der Waals surface area (Å²) in [6.45, 7) is 1.26. The van der Waals surface area contributed by atoms with Gasteiger partial charge in [-0.2, -0.15) is 9.97 Å². The van der Waals surface area contributed by atoms with Gasteiger partial charge >= 0.3 is 0 Å². The van der Waals surface area contributed by atoms with Crippen LogP contribution in [0.3, 0.4) is 0 Å². The Morgan fingerprint density at radius 1 is 1.24 bits per heavy atom. The number of rotatable bonds is 7. The van der Waals surface area contributed by atoms with Crippen molar-refractivity contribution >= 4 is 28.7 Å². The minimum absolute atomic E-state index is 0.161. The van der Waals surface area contributed by atoms with Crippen LogP contribution in [-0.4, -0.2) is 76.7 Å². The molecule has 2 aliphatic rings. The largest absolute Gasteiger partial charge is 0.456 e. The van der Waals surface area contributed by atoms with E-state index in [1.165, 1.54) is 0 Å². The van der Waals surface area contributed by atoms with Crippen LogP contribution in [-0.2, 0) is 9.47 Å². The highest BCUT2D eigenvalue weighted by Crippen LogP contribution is 2.32. The van der Waals surface area contributed by atoms with Crippen LogP contribution in [0.5, 0.6) is 17.6 Å². The van der Waals surface area contributed by atoms with Crippen LogP contribution in [0.4, 0.5) is 0 Å². The van der Waals surface area contributed by atoms with Crippen LogP contribution in [0.25, 0.3) is 11.2 Å². The van der Waals surface area contributed by atoms with E-state index in [0.717, 1.165) is 0 Å². The Bertz CT molecular complexity index is 1160. The molecule has 2 saturated heterocycles. The zero-order valence-electron chi connectivity index (χ0n) is 17.4. The van der Waals surface area contributed by atoms with Gasteiger partial charge in [-0.1, -0.05) is 11.6 Å². The van der Waals surface area contributed by atoms with Gasteiger partial charge in [0, 0.05) is 18.7 Å². The number of imidazole rings is 1. The molecule has 12 heteroatoms. The number of aliphatic hydroxyl groups excluding tert-OH is 1. The maximum absolute atomic E-state index is 12.0. The molecule has 4 atom stereocenters. The highest BCUT2D eigenvalue weighted by Gasteiger charge is 2.48. The summed E-state index contributed by atoms with van der Waals surface area (Å²) in [6, 6.07) is 8.42. The first-order chi connectivity index (χ1) is 16.0. The average Bonchev–Trinajstić information content (AvgIpc) is 3.50. The summed E-state index contributed by atoms with van der Waals surface area (Å²) in [5.74, 6) is 0.399. The van der Waals surface area contributed by atoms with E-state index in [4.69, 9.17) is 36.3 Å². The number of pyridine rings is 1. The van der Waals surface area contributed by atoms with Gasteiger partial charge in [-0.15, -0.1) is 0 Å². The lowest BCUT2D eigenvalue weighted by molar-refractivity contribution is 0.00706. The first-order valence-corrected chi connectivity index (χ1v) is 10.8. The fraction of sp³-hybridized carbons (Fsp3) is 0.381. The quantitative estimate of drug-likeness (QED) is 0.391. The number of nitrogens with two attached hydrogens (primary N) is 1. The smallest absolute Gasteiger partial charge is 0.296 e. The number of aliphatic hydroxyl groups is 1. The number of nitrogens with zero attached hydrogens (tertiary/aromatic N) is 2. The zero-order valence-corrected chi connectivity index (χ0v) is 18.1. The van der Waals surface area contributed by atoms with E-state index >= 15 is 0 Å². The van der Waals surface area contributed by atoms with Gasteiger partial charge in [0.25, 0.3) is 11.9 Å². The first-order valence-electron chi connectivity index (χ1n) is 10.4. The fourth-order valence-corrected chi connectivity index (χ4v) is 3.96. The molecule has 0 bridgehead atoms. The summed E-state index contributed by atoms with van der Waals surface area (Å²) in [6.07, 6.45) is -1.82. The van der Waals surface area contributed by atoms with E-state index < -0.39 is 18.3 Å². The van der Waals surface area contributed by atoms with Gasteiger partial charge in [0.1, 0.15) is 29.1 Å². The third kappa shape index (κ3) is 4.45. The van der Waals surface area contributed by atoms with Gasteiger partial charge in [-0.25, -0.2) is 0 Å². The minimum Gasteiger partial charge on any atom is -0.456 e. The molecule has 174 valence electrons. The summed E-state index contributed by atoms with van der Waals surface area (Å²) in [5, 5.41) is 12.8. The molecule has 1 amide bonds. The van der Waals surface area contributed by atoms with E-state index in [1.54, 1.807) is 30.3 Å². The summed E-state index contributed by atoms with van der Waals surface area (Å²) < 4.78 is 22.8. The van der Waals surface area contributed by atoms with Gasteiger partial charge < -0.3 is 40.1 Å². The molecule has 0 saturated carbocycles. The number of amides is 1. The molecule has 0 aliphatic carbocycles. The Morgan fingerprint density at radius 2 is 2.03 bits per heavy atom. The Kier molecular flexibility index (Phi) is 6.04. The van der Waals surface area contributed by atoms with Crippen LogP contribution in [0.15, 0.2) is 30.3 Å². The molecule has 33 heavy (non-hydrogen) atoms. The second-order valence-electron chi connectivity index (χ2n) is 7.68. The molecule has 4 heterocycles. The number of nitrogens with one attached hydrogen (secondary N) is 2. The van der Waals surface area contributed by atoms with Crippen LogP contribution >= 0.6 is 11.6 Å². The van der Waals surface area contributed by atoms with Crippen LogP contribution in [0, 0.1) is 0 Å². The molecule has 2 aromatic heterocycles. The molecule has 2 aliphatic heterocycles. The lowest BCUT2D eigenvalue weighted by Gasteiger charge is -2.15. The monoisotopic (exact) mass is 475 g/mol. The molecule has 3 aromatic rings. The zero-order chi connectivity index (χ0) is 22.9. The molecule has 11 nitrogen and oxygen atoms in total. The number of carbonyl (C=O) groups excluding carboxylic acids is 1. The Labute approximate surface area is 193 Å². The maximum atomic E-state index is 12.0. The Balaban J connectivity index is 1.29. The van der Waals surface area contributed by atoms with E-state index in [0.29, 0.717) is 35.6 Å². The minimum atomic E-state index is -0.658. The number of carbonyl (C=O) groups is 1. The third-order valence-corrected chi connectivity index (χ3v) is 5.65. The van der Waals surface area contributed by atoms with E-state index in [1.807, 2.05) is 0 Å². The van der Waals surface area contributed by atoms with Gasteiger partial charge in [0.15, 0.2) is 11.8 Å². The van der Waals surface area contributed by atoms with Gasteiger partial charge in [0.2, 0.25) is 5.88 Å². The number of benzene rings is 1. The maximum Gasteiger partial charge on any atom is 0.296 e. The van der Waals surface area contributed by atoms with Crippen molar-refractivity contribution in [3.8, 4) is 17.6 Å². The first kappa shape index (κ1) is 21.9. The predicted octanol–water partition coefficient (Wildman–Crippen LogP) is 0.998. The third-order valence-electron chi connectivity index (χ3n) is 5.38. The van der Waals surface area contributed by atoms with Crippen molar-refractivity contribution in [1.29, 1.82) is 0 Å². The highest BCUT2D eigenvalue weighted by atomic mass is 35.5. The predicted molar refractivity (Wildman–Crippen MR) is 117 cm³/mol. The number of hydrogen-bond donors (Lipinski definition) is 4. The highest BCUT2D eigenvalue weighted by molar-refractivity contribution is 6.32.